The zero-order valence-corrected chi connectivity index (χ0v) is 13.2. The Morgan fingerprint density at radius 1 is 1.44 bits per heavy atom. The van der Waals surface area contributed by atoms with Crippen molar-refractivity contribution in [3.05, 3.63) is 16.7 Å². The van der Waals surface area contributed by atoms with E-state index in [-0.39, 0.29) is 10.8 Å². The third kappa shape index (κ3) is 4.22. The van der Waals surface area contributed by atoms with E-state index < -0.39 is 15.6 Å². The molecule has 0 aliphatic heterocycles. The van der Waals surface area contributed by atoms with Gasteiger partial charge in [0.1, 0.15) is 4.90 Å². The van der Waals surface area contributed by atoms with E-state index in [1.165, 1.54) is 12.3 Å². The molecule has 1 N–H and O–H groups in total. The maximum absolute atomic E-state index is 12.2. The third-order valence-corrected chi connectivity index (χ3v) is 3.98. The molecular formula is C11H17BrN2O3S. The van der Waals surface area contributed by atoms with Crippen LogP contribution in [0.5, 0.6) is 5.88 Å². The van der Waals surface area contributed by atoms with Crippen LogP contribution in [0.25, 0.3) is 0 Å². The smallest absolute Gasteiger partial charge is 0.246 e. The normalized spacial score (nSPS) is 12.5. The summed E-state index contributed by atoms with van der Waals surface area (Å²) >= 11 is 3.21. The predicted molar refractivity (Wildman–Crippen MR) is 73.2 cm³/mol. The Balaban J connectivity index is 3.26. The van der Waals surface area contributed by atoms with Gasteiger partial charge in [-0.3, -0.25) is 0 Å². The lowest BCUT2D eigenvalue weighted by atomic mass is 10.1. The Hall–Kier alpha value is -0.660. The zero-order valence-electron chi connectivity index (χ0n) is 10.8. The number of halogens is 1. The molecule has 0 aromatic carbocycles. The molecule has 5 nitrogen and oxygen atoms in total. The molecule has 0 amide bonds. The lowest BCUT2D eigenvalue weighted by Gasteiger charge is -2.21. The lowest BCUT2D eigenvalue weighted by molar-refractivity contribution is 0.316. The Morgan fingerprint density at radius 3 is 2.56 bits per heavy atom. The van der Waals surface area contributed by atoms with Crippen molar-refractivity contribution < 1.29 is 13.2 Å². The molecule has 102 valence electrons. The molecule has 1 aromatic rings. The highest BCUT2D eigenvalue weighted by atomic mass is 79.9. The summed E-state index contributed by atoms with van der Waals surface area (Å²) in [6.45, 7) is 7.45. The zero-order chi connectivity index (χ0) is 14.0. The summed E-state index contributed by atoms with van der Waals surface area (Å²) in [6.07, 6.45) is 1.50. The largest absolute Gasteiger partial charge is 0.477 e. The number of nitrogens with zero attached hydrogens (tertiary/aromatic N) is 1. The Labute approximate surface area is 116 Å². The summed E-state index contributed by atoms with van der Waals surface area (Å²) in [4.78, 5) is 4.01. The minimum Gasteiger partial charge on any atom is -0.477 e. The van der Waals surface area contributed by atoms with E-state index in [1.54, 1.807) is 27.7 Å². The van der Waals surface area contributed by atoms with Crippen LogP contribution in [0.4, 0.5) is 0 Å². The number of hydrogen-bond donors (Lipinski definition) is 1. The molecule has 0 saturated carbocycles. The van der Waals surface area contributed by atoms with Gasteiger partial charge in [-0.15, -0.1) is 0 Å². The summed E-state index contributed by atoms with van der Waals surface area (Å²) in [6, 6.07) is 1.48. The molecule has 0 atom stereocenters. The van der Waals surface area contributed by atoms with E-state index in [0.29, 0.717) is 11.1 Å². The van der Waals surface area contributed by atoms with Gasteiger partial charge < -0.3 is 4.74 Å². The second-order valence-corrected chi connectivity index (χ2v) is 7.31. The highest BCUT2D eigenvalue weighted by molar-refractivity contribution is 9.10. The second kappa shape index (κ2) is 5.54. The van der Waals surface area contributed by atoms with E-state index in [0.717, 1.165) is 0 Å². The van der Waals surface area contributed by atoms with Crippen LogP contribution in [0.2, 0.25) is 0 Å². The first kappa shape index (κ1) is 15.4. The first-order chi connectivity index (χ1) is 8.15. The summed E-state index contributed by atoms with van der Waals surface area (Å²) in [5, 5.41) is 0. The number of pyridine rings is 1. The van der Waals surface area contributed by atoms with E-state index in [1.807, 2.05) is 0 Å². The quantitative estimate of drug-likeness (QED) is 0.916. The van der Waals surface area contributed by atoms with Crippen molar-refractivity contribution in [3.63, 3.8) is 0 Å². The van der Waals surface area contributed by atoms with Crippen LogP contribution in [-0.2, 0) is 10.0 Å². The first-order valence-corrected chi connectivity index (χ1v) is 7.75. The number of rotatable bonds is 4. The minimum atomic E-state index is -3.66. The van der Waals surface area contributed by atoms with Gasteiger partial charge in [0.05, 0.1) is 6.61 Å². The van der Waals surface area contributed by atoms with Crippen LogP contribution >= 0.6 is 15.9 Å². The van der Waals surface area contributed by atoms with Crippen molar-refractivity contribution in [3.8, 4) is 5.88 Å². The molecule has 0 fully saturated rings. The van der Waals surface area contributed by atoms with Crippen molar-refractivity contribution >= 4 is 26.0 Å². The molecule has 0 spiro atoms. The molecule has 0 radical (unpaired) electrons. The molecule has 1 aromatic heterocycles. The molecular weight excluding hydrogens is 320 g/mol. The maximum Gasteiger partial charge on any atom is 0.246 e. The fourth-order valence-electron chi connectivity index (χ4n) is 1.30. The average Bonchev–Trinajstić information content (AvgIpc) is 2.17. The predicted octanol–water partition coefficient (Wildman–Crippen LogP) is 2.32. The van der Waals surface area contributed by atoms with Gasteiger partial charge in [-0.25, -0.2) is 18.1 Å². The van der Waals surface area contributed by atoms with Crippen LogP contribution in [-0.4, -0.2) is 25.5 Å². The van der Waals surface area contributed by atoms with Crippen molar-refractivity contribution in [2.24, 2.45) is 0 Å². The summed E-state index contributed by atoms with van der Waals surface area (Å²) in [5.74, 6) is 0.109. The second-order valence-electron chi connectivity index (χ2n) is 4.75. The Bertz CT molecular complexity index is 524. The third-order valence-electron chi connectivity index (χ3n) is 1.80. The molecule has 0 aliphatic carbocycles. The van der Waals surface area contributed by atoms with Gasteiger partial charge in [0.25, 0.3) is 0 Å². The van der Waals surface area contributed by atoms with Gasteiger partial charge in [0.15, 0.2) is 0 Å². The van der Waals surface area contributed by atoms with Crippen LogP contribution in [0.1, 0.15) is 27.7 Å². The topological polar surface area (TPSA) is 68.3 Å². The monoisotopic (exact) mass is 336 g/mol. The molecule has 7 heteroatoms. The fraction of sp³-hybridized carbons (Fsp3) is 0.545. The van der Waals surface area contributed by atoms with Crippen LogP contribution < -0.4 is 9.46 Å². The number of hydrogen-bond acceptors (Lipinski definition) is 4. The molecule has 18 heavy (non-hydrogen) atoms. The van der Waals surface area contributed by atoms with Gasteiger partial charge in [0.2, 0.25) is 15.9 Å². The van der Waals surface area contributed by atoms with Crippen LogP contribution in [0.3, 0.4) is 0 Å². The summed E-state index contributed by atoms with van der Waals surface area (Å²) in [5.41, 5.74) is -0.565. The number of ether oxygens (including phenoxy) is 1. The molecule has 0 aliphatic rings. The van der Waals surface area contributed by atoms with Gasteiger partial charge in [0, 0.05) is 16.2 Å². The van der Waals surface area contributed by atoms with Gasteiger partial charge >= 0.3 is 0 Å². The number of nitrogens with one attached hydrogen (secondary N) is 1. The van der Waals surface area contributed by atoms with Crippen molar-refractivity contribution in [2.45, 2.75) is 38.1 Å². The molecule has 1 rings (SSSR count). The van der Waals surface area contributed by atoms with Gasteiger partial charge in [-0.1, -0.05) is 0 Å². The molecule has 0 saturated heterocycles. The van der Waals surface area contributed by atoms with Crippen LogP contribution in [0, 0.1) is 0 Å². The fourth-order valence-corrected chi connectivity index (χ4v) is 3.33. The maximum atomic E-state index is 12.2. The Morgan fingerprint density at radius 2 is 2.06 bits per heavy atom. The lowest BCUT2D eigenvalue weighted by Crippen LogP contribution is -2.40. The van der Waals surface area contributed by atoms with Gasteiger partial charge in [-0.2, -0.15) is 0 Å². The molecule has 0 bridgehead atoms. The first-order valence-electron chi connectivity index (χ1n) is 5.48. The summed E-state index contributed by atoms with van der Waals surface area (Å²) in [7, 11) is -3.66. The number of sulfonamides is 1. The average molecular weight is 337 g/mol. The Kier molecular flexibility index (Phi) is 4.74. The SMILES string of the molecule is CCOc1ncc(Br)cc1S(=O)(=O)NC(C)(C)C. The highest BCUT2D eigenvalue weighted by Crippen LogP contribution is 2.25. The van der Waals surface area contributed by atoms with Crippen molar-refractivity contribution in [1.82, 2.24) is 9.71 Å². The van der Waals surface area contributed by atoms with E-state index in [4.69, 9.17) is 4.74 Å². The molecule has 1 heterocycles. The van der Waals surface area contributed by atoms with E-state index in [2.05, 4.69) is 25.6 Å². The minimum absolute atomic E-state index is 0.0358. The highest BCUT2D eigenvalue weighted by Gasteiger charge is 2.26. The van der Waals surface area contributed by atoms with Crippen molar-refractivity contribution in [2.75, 3.05) is 6.61 Å². The van der Waals surface area contributed by atoms with Crippen molar-refractivity contribution in [1.29, 1.82) is 0 Å². The van der Waals surface area contributed by atoms with Gasteiger partial charge in [-0.05, 0) is 49.7 Å². The van der Waals surface area contributed by atoms with E-state index >= 15 is 0 Å². The number of aromatic nitrogens is 1. The van der Waals surface area contributed by atoms with Crippen LogP contribution in [0.15, 0.2) is 21.6 Å². The molecule has 0 unspecified atom stereocenters. The summed E-state index contributed by atoms with van der Waals surface area (Å²) < 4.78 is 32.9. The standard InChI is InChI=1S/C11H17BrN2O3S/c1-5-17-10-9(6-8(12)7-13-10)18(15,16)14-11(2,3)4/h6-7,14H,5H2,1-4H3. The van der Waals surface area contributed by atoms with E-state index in [9.17, 15) is 8.42 Å².